The molecule has 0 aliphatic carbocycles. The van der Waals surface area contributed by atoms with Crippen LogP contribution in [-0.4, -0.2) is 24.6 Å². The van der Waals surface area contributed by atoms with E-state index in [0.717, 1.165) is 5.82 Å². The lowest BCUT2D eigenvalue weighted by Crippen LogP contribution is -2.40. The summed E-state index contributed by atoms with van der Waals surface area (Å²) in [5.74, 6) is 1.16. The molecule has 0 amide bonds. The van der Waals surface area contributed by atoms with Gasteiger partial charge in [0.1, 0.15) is 5.82 Å². The minimum atomic E-state index is 0.370. The van der Waals surface area contributed by atoms with Crippen LogP contribution < -0.4 is 10.2 Å². The number of hydrogen-bond donors (Lipinski definition) is 1. The van der Waals surface area contributed by atoms with E-state index in [1.807, 2.05) is 13.2 Å². The predicted octanol–water partition coefficient (Wildman–Crippen LogP) is 3.52. The molecular weight excluding hydrogens is 234 g/mol. The molecule has 0 spiro atoms. The summed E-state index contributed by atoms with van der Waals surface area (Å²) in [4.78, 5) is 7.20. The standard InChI is InChI=1S/C16H27N3/c1-4-7-15-8-5-6-11-19(15)16-10-9-14(12-18-16)13(2)17-3/h9-10,12-13,15,17H,4-8,11H2,1-3H3. The second-order valence-corrected chi connectivity index (χ2v) is 5.59. The zero-order valence-corrected chi connectivity index (χ0v) is 12.5. The molecule has 1 aliphatic heterocycles. The SMILES string of the molecule is CCCC1CCCCN1c1ccc(C(C)NC)cn1. The third kappa shape index (κ3) is 3.47. The van der Waals surface area contributed by atoms with Crippen LogP contribution >= 0.6 is 0 Å². The number of nitrogens with zero attached hydrogens (tertiary/aromatic N) is 2. The lowest BCUT2D eigenvalue weighted by atomic mass is 9.98. The number of pyridine rings is 1. The van der Waals surface area contributed by atoms with Crippen molar-refractivity contribution in [2.45, 2.75) is 58.0 Å². The van der Waals surface area contributed by atoms with Gasteiger partial charge in [-0.15, -0.1) is 0 Å². The van der Waals surface area contributed by atoms with Crippen LogP contribution in [0.5, 0.6) is 0 Å². The lowest BCUT2D eigenvalue weighted by Gasteiger charge is -2.36. The van der Waals surface area contributed by atoms with E-state index in [-0.39, 0.29) is 0 Å². The largest absolute Gasteiger partial charge is 0.354 e. The number of rotatable bonds is 5. The van der Waals surface area contributed by atoms with Crippen LogP contribution in [0.15, 0.2) is 18.3 Å². The number of hydrogen-bond acceptors (Lipinski definition) is 3. The Morgan fingerprint density at radius 2 is 2.26 bits per heavy atom. The van der Waals surface area contributed by atoms with E-state index < -0.39 is 0 Å². The first-order chi connectivity index (χ1) is 9.26. The fourth-order valence-electron chi connectivity index (χ4n) is 2.93. The van der Waals surface area contributed by atoms with Crippen LogP contribution in [0.4, 0.5) is 5.82 Å². The molecule has 0 aromatic carbocycles. The summed E-state index contributed by atoms with van der Waals surface area (Å²) in [6.45, 7) is 5.61. The Kier molecular flexibility index (Phi) is 5.20. The zero-order chi connectivity index (χ0) is 13.7. The van der Waals surface area contributed by atoms with Crippen LogP contribution in [0, 0.1) is 0 Å². The van der Waals surface area contributed by atoms with Crippen molar-refractivity contribution in [2.75, 3.05) is 18.5 Å². The first-order valence-corrected chi connectivity index (χ1v) is 7.66. The smallest absolute Gasteiger partial charge is 0.128 e. The molecule has 1 N–H and O–H groups in total. The van der Waals surface area contributed by atoms with Crippen LogP contribution in [0.1, 0.15) is 57.6 Å². The summed E-state index contributed by atoms with van der Waals surface area (Å²) >= 11 is 0. The second-order valence-electron chi connectivity index (χ2n) is 5.59. The summed E-state index contributed by atoms with van der Waals surface area (Å²) in [6, 6.07) is 5.46. The van der Waals surface area contributed by atoms with Crippen molar-refractivity contribution < 1.29 is 0 Å². The Labute approximate surface area is 117 Å². The molecule has 1 aliphatic rings. The Balaban J connectivity index is 2.11. The molecule has 1 saturated heterocycles. The summed E-state index contributed by atoms with van der Waals surface area (Å²) in [7, 11) is 1.99. The number of anilines is 1. The quantitative estimate of drug-likeness (QED) is 0.879. The molecule has 3 heteroatoms. The van der Waals surface area contributed by atoms with Crippen molar-refractivity contribution in [1.29, 1.82) is 0 Å². The van der Waals surface area contributed by atoms with Crippen molar-refractivity contribution in [3.63, 3.8) is 0 Å². The molecule has 1 aromatic rings. The molecule has 0 saturated carbocycles. The first kappa shape index (κ1) is 14.3. The molecule has 3 nitrogen and oxygen atoms in total. The zero-order valence-electron chi connectivity index (χ0n) is 12.5. The van der Waals surface area contributed by atoms with Gasteiger partial charge in [0.15, 0.2) is 0 Å². The second kappa shape index (κ2) is 6.90. The average molecular weight is 261 g/mol. The summed E-state index contributed by atoms with van der Waals surface area (Å²) in [6.07, 6.45) is 8.57. The summed E-state index contributed by atoms with van der Waals surface area (Å²) in [5.41, 5.74) is 1.26. The van der Waals surface area contributed by atoms with Gasteiger partial charge in [0.05, 0.1) is 0 Å². The predicted molar refractivity (Wildman–Crippen MR) is 81.6 cm³/mol. The normalized spacial score (nSPS) is 21.4. The molecule has 2 heterocycles. The highest BCUT2D eigenvalue weighted by atomic mass is 15.2. The minimum Gasteiger partial charge on any atom is -0.354 e. The third-order valence-electron chi connectivity index (χ3n) is 4.25. The topological polar surface area (TPSA) is 28.2 Å². The van der Waals surface area contributed by atoms with E-state index in [1.165, 1.54) is 44.2 Å². The maximum atomic E-state index is 4.69. The molecule has 0 bridgehead atoms. The number of aromatic nitrogens is 1. The van der Waals surface area contributed by atoms with Gasteiger partial charge in [0.25, 0.3) is 0 Å². The number of piperidine rings is 1. The van der Waals surface area contributed by atoms with Gasteiger partial charge in [-0.3, -0.25) is 0 Å². The van der Waals surface area contributed by atoms with Gasteiger partial charge >= 0.3 is 0 Å². The molecule has 1 fully saturated rings. The highest BCUT2D eigenvalue weighted by Crippen LogP contribution is 2.26. The molecular formula is C16H27N3. The summed E-state index contributed by atoms with van der Waals surface area (Å²) < 4.78 is 0. The third-order valence-corrected chi connectivity index (χ3v) is 4.25. The van der Waals surface area contributed by atoms with Gasteiger partial charge in [0, 0.05) is 24.8 Å². The van der Waals surface area contributed by atoms with Crippen molar-refractivity contribution in [2.24, 2.45) is 0 Å². The maximum Gasteiger partial charge on any atom is 0.128 e. The van der Waals surface area contributed by atoms with Gasteiger partial charge < -0.3 is 10.2 Å². The highest BCUT2D eigenvalue weighted by molar-refractivity contribution is 5.41. The maximum absolute atomic E-state index is 4.69. The van der Waals surface area contributed by atoms with Crippen molar-refractivity contribution in [3.05, 3.63) is 23.9 Å². The van der Waals surface area contributed by atoms with E-state index in [9.17, 15) is 0 Å². The van der Waals surface area contributed by atoms with Crippen molar-refractivity contribution in [3.8, 4) is 0 Å². The van der Waals surface area contributed by atoms with Gasteiger partial charge in [0.2, 0.25) is 0 Å². The molecule has 1 aromatic heterocycles. The highest BCUT2D eigenvalue weighted by Gasteiger charge is 2.22. The fourth-order valence-corrected chi connectivity index (χ4v) is 2.93. The lowest BCUT2D eigenvalue weighted by molar-refractivity contribution is 0.432. The molecule has 0 radical (unpaired) electrons. The van der Waals surface area contributed by atoms with E-state index >= 15 is 0 Å². The Morgan fingerprint density at radius 1 is 1.42 bits per heavy atom. The van der Waals surface area contributed by atoms with Crippen LogP contribution in [0.2, 0.25) is 0 Å². The van der Waals surface area contributed by atoms with E-state index in [2.05, 4.69) is 41.2 Å². The summed E-state index contributed by atoms with van der Waals surface area (Å²) in [5, 5.41) is 3.26. The number of nitrogens with one attached hydrogen (secondary N) is 1. The molecule has 2 atom stereocenters. The fraction of sp³-hybridized carbons (Fsp3) is 0.688. The monoisotopic (exact) mass is 261 g/mol. The first-order valence-electron chi connectivity index (χ1n) is 7.66. The van der Waals surface area contributed by atoms with Crippen molar-refractivity contribution >= 4 is 5.82 Å². The van der Waals surface area contributed by atoms with Gasteiger partial charge in [-0.25, -0.2) is 4.98 Å². The molecule has 19 heavy (non-hydrogen) atoms. The Bertz CT molecular complexity index is 372. The van der Waals surface area contributed by atoms with Crippen LogP contribution in [0.3, 0.4) is 0 Å². The van der Waals surface area contributed by atoms with Crippen molar-refractivity contribution in [1.82, 2.24) is 10.3 Å². The average Bonchev–Trinajstić information content (AvgIpc) is 2.47. The van der Waals surface area contributed by atoms with Crippen LogP contribution in [-0.2, 0) is 0 Å². The van der Waals surface area contributed by atoms with E-state index in [0.29, 0.717) is 12.1 Å². The Morgan fingerprint density at radius 3 is 2.89 bits per heavy atom. The molecule has 2 rings (SSSR count). The van der Waals surface area contributed by atoms with Gasteiger partial charge in [-0.2, -0.15) is 0 Å². The van der Waals surface area contributed by atoms with E-state index in [1.54, 1.807) is 0 Å². The molecule has 2 unspecified atom stereocenters. The van der Waals surface area contributed by atoms with E-state index in [4.69, 9.17) is 0 Å². The Hall–Kier alpha value is -1.09. The minimum absolute atomic E-state index is 0.370. The molecule has 106 valence electrons. The van der Waals surface area contributed by atoms with Crippen LogP contribution in [0.25, 0.3) is 0 Å². The van der Waals surface area contributed by atoms with Gasteiger partial charge in [-0.1, -0.05) is 19.4 Å². The van der Waals surface area contributed by atoms with Gasteiger partial charge in [-0.05, 0) is 51.3 Å².